The molecule has 0 bridgehead atoms. The molecule has 0 unspecified atom stereocenters. The van der Waals surface area contributed by atoms with E-state index in [4.69, 9.17) is 4.74 Å². The molecule has 3 aromatic carbocycles. The molecule has 4 heteroatoms. The van der Waals surface area contributed by atoms with Gasteiger partial charge >= 0.3 is 5.97 Å². The van der Waals surface area contributed by atoms with E-state index in [2.05, 4.69) is 36.4 Å². The molecule has 0 radical (unpaired) electrons. The van der Waals surface area contributed by atoms with Crippen molar-refractivity contribution in [1.29, 1.82) is 0 Å². The average Bonchev–Trinajstić information content (AvgIpc) is 3.08. The zero-order valence-corrected chi connectivity index (χ0v) is 19.4. The Morgan fingerprint density at radius 3 is 1.70 bits per heavy atom. The highest BCUT2D eigenvalue weighted by Gasteiger charge is 2.54. The van der Waals surface area contributed by atoms with Crippen molar-refractivity contribution >= 4 is 29.1 Å². The maximum atomic E-state index is 13.8. The van der Waals surface area contributed by atoms with Gasteiger partial charge in [-0.2, -0.15) is 0 Å². The van der Waals surface area contributed by atoms with Crippen LogP contribution in [0.15, 0.2) is 138 Å². The lowest BCUT2D eigenvalue weighted by Gasteiger charge is -2.29. The monoisotopic (exact) mass is 453 g/mol. The maximum absolute atomic E-state index is 13.8. The van der Waals surface area contributed by atoms with E-state index >= 15 is 0 Å². The predicted octanol–water partition coefficient (Wildman–Crippen LogP) is 5.37. The summed E-state index contributed by atoms with van der Waals surface area (Å²) in [6.07, 6.45) is 8.84. The Morgan fingerprint density at radius 2 is 1.24 bits per heavy atom. The van der Waals surface area contributed by atoms with Gasteiger partial charge in [-0.25, -0.2) is 4.79 Å². The fourth-order valence-electron chi connectivity index (χ4n) is 4.15. The van der Waals surface area contributed by atoms with Crippen molar-refractivity contribution in [3.8, 4) is 0 Å². The molecule has 0 atom stereocenters. The molecule has 164 valence electrons. The van der Waals surface area contributed by atoms with E-state index in [0.717, 1.165) is 15.9 Å². The van der Waals surface area contributed by atoms with Gasteiger partial charge in [0.1, 0.15) is 21.7 Å². The molecule has 1 aliphatic rings. The first-order chi connectivity index (χ1) is 16.2. The highest BCUT2D eigenvalue weighted by molar-refractivity contribution is 7.99. The molecule has 0 amide bonds. The molecule has 3 aromatic rings. The summed E-state index contributed by atoms with van der Waals surface area (Å²) in [6.45, 7) is 2.04. The van der Waals surface area contributed by atoms with Crippen LogP contribution in [-0.4, -0.2) is 17.7 Å². The topological polar surface area (TPSA) is 46.5 Å². The molecule has 0 spiro atoms. The van der Waals surface area contributed by atoms with Gasteiger partial charge in [-0.3, -0.25) is 0 Å². The number of hydrogen-bond acceptors (Lipinski definition) is 3. The molecular weight excluding hydrogens is 427 g/mol. The summed E-state index contributed by atoms with van der Waals surface area (Å²) in [5.74, 6) is -0.390. The minimum Gasteiger partial charge on any atom is -0.507 e. The Labute approximate surface area is 195 Å². The van der Waals surface area contributed by atoms with Crippen molar-refractivity contribution in [2.45, 2.75) is 6.92 Å². The lowest BCUT2D eigenvalue weighted by molar-refractivity contribution is -0.137. The third kappa shape index (κ3) is 4.33. The molecule has 0 aliphatic heterocycles. The normalized spacial score (nSPS) is 14.9. The first-order valence-corrected chi connectivity index (χ1v) is 12.7. The Balaban J connectivity index is 2.23. The van der Waals surface area contributed by atoms with Gasteiger partial charge in [-0.1, -0.05) is 72.8 Å². The highest BCUT2D eigenvalue weighted by atomic mass is 31.2. The van der Waals surface area contributed by atoms with Gasteiger partial charge < -0.3 is 9.84 Å². The van der Waals surface area contributed by atoms with Gasteiger partial charge in [0.05, 0.1) is 12.2 Å². The molecule has 1 N–H and O–H groups in total. The summed E-state index contributed by atoms with van der Waals surface area (Å²) < 4.78 is 5.66. The summed E-state index contributed by atoms with van der Waals surface area (Å²) in [5.41, 5.74) is 0.475. The van der Waals surface area contributed by atoms with Crippen LogP contribution in [-0.2, 0) is 9.53 Å². The Morgan fingerprint density at radius 1 is 0.758 bits per heavy atom. The summed E-state index contributed by atoms with van der Waals surface area (Å²) in [6, 6.07) is 30.2. The summed E-state index contributed by atoms with van der Waals surface area (Å²) in [7, 11) is -2.75. The SMILES string of the molecule is CCOC(=O)/C(=C1\C=CC=CC=C1O)[P+](c1ccccc1)(c1ccccc1)c1ccccc1. The molecular formula is C29H26O3P+. The van der Waals surface area contributed by atoms with Crippen molar-refractivity contribution < 1.29 is 14.6 Å². The summed E-state index contributed by atoms with van der Waals surface area (Å²) in [5, 5.41) is 14.6. The van der Waals surface area contributed by atoms with Crippen LogP contribution >= 0.6 is 7.26 Å². The number of hydrogen-bond donors (Lipinski definition) is 1. The third-order valence-electron chi connectivity index (χ3n) is 5.50. The quantitative estimate of drug-likeness (QED) is 0.310. The van der Waals surface area contributed by atoms with Gasteiger partial charge in [-0.05, 0) is 55.5 Å². The molecule has 0 fully saturated rings. The number of carbonyl (C=O) groups is 1. The van der Waals surface area contributed by atoms with E-state index < -0.39 is 13.2 Å². The zero-order valence-electron chi connectivity index (χ0n) is 18.5. The molecule has 0 saturated carbocycles. The maximum Gasteiger partial charge on any atom is 0.375 e. The Hall–Kier alpha value is -3.68. The van der Waals surface area contributed by atoms with Crippen LogP contribution in [0.5, 0.6) is 0 Å². The average molecular weight is 453 g/mol. The van der Waals surface area contributed by atoms with Crippen LogP contribution in [0.2, 0.25) is 0 Å². The fourth-order valence-corrected chi connectivity index (χ4v) is 8.57. The van der Waals surface area contributed by atoms with Crippen molar-refractivity contribution in [3.05, 3.63) is 138 Å². The summed E-state index contributed by atoms with van der Waals surface area (Å²) >= 11 is 0. The lowest BCUT2D eigenvalue weighted by Crippen LogP contribution is -2.35. The van der Waals surface area contributed by atoms with Gasteiger partial charge in [0.15, 0.2) is 7.26 Å². The molecule has 0 heterocycles. The molecule has 1 aliphatic carbocycles. The van der Waals surface area contributed by atoms with E-state index in [0.29, 0.717) is 10.9 Å². The smallest absolute Gasteiger partial charge is 0.375 e. The first kappa shape index (κ1) is 22.5. The van der Waals surface area contributed by atoms with Crippen LogP contribution in [0.3, 0.4) is 0 Å². The van der Waals surface area contributed by atoms with Crippen LogP contribution in [0.1, 0.15) is 6.92 Å². The van der Waals surface area contributed by atoms with E-state index in [-0.39, 0.29) is 12.4 Å². The highest BCUT2D eigenvalue weighted by Crippen LogP contribution is 2.64. The minimum absolute atomic E-state index is 0.0372. The Bertz CT molecular complexity index is 1130. The second-order valence-electron chi connectivity index (χ2n) is 7.46. The number of allylic oxidation sites excluding steroid dienone is 5. The van der Waals surface area contributed by atoms with Crippen LogP contribution in [0.25, 0.3) is 0 Å². The van der Waals surface area contributed by atoms with Crippen molar-refractivity contribution in [1.82, 2.24) is 0 Å². The minimum atomic E-state index is -2.75. The van der Waals surface area contributed by atoms with Crippen LogP contribution in [0, 0.1) is 0 Å². The number of aliphatic hydroxyl groups is 1. The van der Waals surface area contributed by atoms with Gasteiger partial charge in [0.25, 0.3) is 0 Å². The van der Waals surface area contributed by atoms with E-state index in [9.17, 15) is 9.90 Å². The second-order valence-corrected chi connectivity index (χ2v) is 10.8. The third-order valence-corrected chi connectivity index (χ3v) is 9.82. The van der Waals surface area contributed by atoms with Crippen molar-refractivity contribution in [3.63, 3.8) is 0 Å². The molecule has 4 rings (SSSR count). The Kier molecular flexibility index (Phi) is 7.02. The number of carbonyl (C=O) groups excluding carboxylic acids is 1. The van der Waals surface area contributed by atoms with Crippen molar-refractivity contribution in [2.75, 3.05) is 6.61 Å². The van der Waals surface area contributed by atoms with Gasteiger partial charge in [0, 0.05) is 0 Å². The van der Waals surface area contributed by atoms with Gasteiger partial charge in [-0.15, -0.1) is 0 Å². The van der Waals surface area contributed by atoms with Crippen LogP contribution < -0.4 is 15.9 Å². The lowest BCUT2D eigenvalue weighted by atomic mass is 10.2. The van der Waals surface area contributed by atoms with Gasteiger partial charge in [0.2, 0.25) is 5.31 Å². The zero-order chi connectivity index (χ0) is 23.1. The number of benzene rings is 3. The largest absolute Gasteiger partial charge is 0.507 e. The number of rotatable bonds is 6. The molecule has 0 saturated heterocycles. The van der Waals surface area contributed by atoms with Crippen LogP contribution in [0.4, 0.5) is 0 Å². The van der Waals surface area contributed by atoms with E-state index in [1.807, 2.05) is 66.7 Å². The number of esters is 1. The number of ether oxygens (including phenoxy) is 1. The predicted molar refractivity (Wildman–Crippen MR) is 138 cm³/mol. The van der Waals surface area contributed by atoms with E-state index in [1.54, 1.807) is 25.2 Å². The number of aliphatic hydroxyl groups excluding tert-OH is 1. The summed E-state index contributed by atoms with van der Waals surface area (Å²) in [4.78, 5) is 13.8. The second kappa shape index (κ2) is 10.3. The van der Waals surface area contributed by atoms with Crippen molar-refractivity contribution in [2.24, 2.45) is 0 Å². The molecule has 33 heavy (non-hydrogen) atoms. The molecule has 0 aromatic heterocycles. The van der Waals surface area contributed by atoms with E-state index in [1.165, 1.54) is 0 Å². The first-order valence-electron chi connectivity index (χ1n) is 10.9. The molecule has 3 nitrogen and oxygen atoms in total. The standard InChI is InChI=1S/C29H25O3P/c1-2-32-29(31)28(26-21-13-6-14-22-27(26)30)33(23-15-7-3-8-16-23,24-17-9-4-10-18-24)25-19-11-5-12-20-25/h3-22H,2H2,1H3/p+1. The fraction of sp³-hybridized carbons (Fsp3) is 0.0690.